The SMILES string of the molecule is CC.CC(C)CC(=O)OC(C)(C)C.c1cc(Nc2cc(C3CC3)[nH]n2)nc(N2CCCC2)n1. The molecule has 4 rings (SSSR count). The third-order valence-electron chi connectivity index (χ3n) is 4.90. The summed E-state index contributed by atoms with van der Waals surface area (Å²) in [5.41, 5.74) is 0.882. The van der Waals surface area contributed by atoms with Crippen LogP contribution in [0.5, 0.6) is 0 Å². The van der Waals surface area contributed by atoms with Gasteiger partial charge in [0.15, 0.2) is 5.82 Å². The monoisotopic (exact) mass is 458 g/mol. The van der Waals surface area contributed by atoms with E-state index in [1.807, 2.05) is 54.5 Å². The van der Waals surface area contributed by atoms with Crippen LogP contribution in [0.3, 0.4) is 0 Å². The molecule has 0 atom stereocenters. The second-order valence-corrected chi connectivity index (χ2v) is 9.73. The van der Waals surface area contributed by atoms with Crippen LogP contribution >= 0.6 is 0 Å². The number of hydrogen-bond donors (Lipinski definition) is 2. The van der Waals surface area contributed by atoms with Gasteiger partial charge in [0, 0.05) is 43.4 Å². The summed E-state index contributed by atoms with van der Waals surface area (Å²) >= 11 is 0. The van der Waals surface area contributed by atoms with Crippen molar-refractivity contribution in [3.05, 3.63) is 24.0 Å². The first-order valence-corrected chi connectivity index (χ1v) is 12.3. The summed E-state index contributed by atoms with van der Waals surface area (Å²) < 4.78 is 5.11. The number of anilines is 3. The normalized spacial score (nSPS) is 15.3. The fourth-order valence-electron chi connectivity index (χ4n) is 3.34. The molecule has 0 aromatic carbocycles. The van der Waals surface area contributed by atoms with E-state index in [9.17, 15) is 4.79 Å². The fourth-order valence-corrected chi connectivity index (χ4v) is 3.34. The summed E-state index contributed by atoms with van der Waals surface area (Å²) in [6, 6.07) is 3.96. The molecule has 3 heterocycles. The predicted octanol–water partition coefficient (Wildman–Crippen LogP) is 5.82. The molecule has 2 aliphatic rings. The van der Waals surface area contributed by atoms with Crippen molar-refractivity contribution in [3.63, 3.8) is 0 Å². The zero-order valence-corrected chi connectivity index (χ0v) is 21.4. The zero-order valence-electron chi connectivity index (χ0n) is 21.4. The number of hydrogen-bond acceptors (Lipinski definition) is 7. The molecule has 2 fully saturated rings. The number of carbonyl (C=O) groups excluding carboxylic acids is 1. The van der Waals surface area contributed by atoms with E-state index in [4.69, 9.17) is 4.74 Å². The van der Waals surface area contributed by atoms with Gasteiger partial charge in [-0.2, -0.15) is 10.1 Å². The van der Waals surface area contributed by atoms with Gasteiger partial charge < -0.3 is 15.0 Å². The number of rotatable bonds is 6. The molecule has 0 spiro atoms. The van der Waals surface area contributed by atoms with E-state index >= 15 is 0 Å². The molecule has 1 aliphatic carbocycles. The van der Waals surface area contributed by atoms with E-state index < -0.39 is 0 Å². The van der Waals surface area contributed by atoms with E-state index in [1.165, 1.54) is 31.4 Å². The van der Waals surface area contributed by atoms with Crippen molar-refractivity contribution in [2.75, 3.05) is 23.3 Å². The lowest BCUT2D eigenvalue weighted by Crippen LogP contribution is -2.24. The fraction of sp³-hybridized carbons (Fsp3) is 0.680. The Hall–Kier alpha value is -2.64. The Bertz CT molecular complexity index is 849. The van der Waals surface area contributed by atoms with E-state index in [1.54, 1.807) is 6.20 Å². The molecule has 0 radical (unpaired) electrons. The van der Waals surface area contributed by atoms with Crippen molar-refractivity contribution in [1.29, 1.82) is 0 Å². The Morgan fingerprint density at radius 2 is 1.88 bits per heavy atom. The quantitative estimate of drug-likeness (QED) is 0.526. The summed E-state index contributed by atoms with van der Waals surface area (Å²) in [7, 11) is 0. The number of aromatic nitrogens is 4. The van der Waals surface area contributed by atoms with Crippen LogP contribution in [0.4, 0.5) is 17.6 Å². The minimum absolute atomic E-state index is 0.104. The van der Waals surface area contributed by atoms with E-state index in [0.29, 0.717) is 18.3 Å². The molecule has 8 heteroatoms. The summed E-state index contributed by atoms with van der Waals surface area (Å²) in [5, 5.41) is 10.6. The number of nitrogens with one attached hydrogen (secondary N) is 2. The first-order valence-electron chi connectivity index (χ1n) is 12.3. The van der Waals surface area contributed by atoms with Gasteiger partial charge in [-0.05, 0) is 58.4 Å². The van der Waals surface area contributed by atoms with Gasteiger partial charge in [0.2, 0.25) is 5.95 Å². The maximum atomic E-state index is 11.0. The number of H-pyrrole nitrogens is 1. The molecule has 1 aliphatic heterocycles. The van der Waals surface area contributed by atoms with Gasteiger partial charge in [-0.25, -0.2) is 4.98 Å². The summed E-state index contributed by atoms with van der Waals surface area (Å²) in [6.45, 7) is 15.8. The molecule has 1 saturated heterocycles. The van der Waals surface area contributed by atoms with Gasteiger partial charge in [-0.3, -0.25) is 9.89 Å². The van der Waals surface area contributed by atoms with Crippen LogP contribution in [-0.2, 0) is 9.53 Å². The van der Waals surface area contributed by atoms with Crippen LogP contribution in [0.25, 0.3) is 0 Å². The van der Waals surface area contributed by atoms with E-state index in [2.05, 4.69) is 36.4 Å². The van der Waals surface area contributed by atoms with Crippen LogP contribution in [-0.4, -0.2) is 44.8 Å². The number of esters is 1. The van der Waals surface area contributed by atoms with Gasteiger partial charge in [0.05, 0.1) is 0 Å². The Balaban J connectivity index is 0.000000256. The number of nitrogens with zero attached hydrogens (tertiary/aromatic N) is 4. The highest BCUT2D eigenvalue weighted by molar-refractivity contribution is 5.70. The minimum atomic E-state index is -0.341. The van der Waals surface area contributed by atoms with E-state index in [0.717, 1.165) is 30.7 Å². The van der Waals surface area contributed by atoms with Gasteiger partial charge in [0.25, 0.3) is 0 Å². The van der Waals surface area contributed by atoms with Crippen LogP contribution < -0.4 is 10.2 Å². The van der Waals surface area contributed by atoms with Crippen LogP contribution in [0.15, 0.2) is 18.3 Å². The van der Waals surface area contributed by atoms with Crippen molar-refractivity contribution in [3.8, 4) is 0 Å². The van der Waals surface area contributed by atoms with Crippen LogP contribution in [0, 0.1) is 5.92 Å². The average molecular weight is 459 g/mol. The molecule has 33 heavy (non-hydrogen) atoms. The molecule has 184 valence electrons. The number of carbonyl (C=O) groups is 1. The van der Waals surface area contributed by atoms with Gasteiger partial charge >= 0.3 is 5.97 Å². The maximum absolute atomic E-state index is 11.0. The van der Waals surface area contributed by atoms with Crippen molar-refractivity contribution >= 4 is 23.6 Å². The molecule has 0 unspecified atom stereocenters. The Morgan fingerprint density at radius 1 is 1.21 bits per heavy atom. The molecule has 0 bridgehead atoms. The van der Waals surface area contributed by atoms with Gasteiger partial charge in [0.1, 0.15) is 11.4 Å². The standard InChI is InChI=1S/C14H18N6.C9H18O2.C2H6/c1-2-8-20(7-1)14-15-6-5-12(17-14)16-13-9-11(18-19-13)10-3-4-10;1-7(2)6-8(10)11-9(3,4)5;1-2/h5-6,9-10H,1-4,7-8H2,(H2,15,16,17,18,19);7H,6H2,1-5H3;1-2H3. The van der Waals surface area contributed by atoms with Crippen molar-refractivity contribution < 1.29 is 9.53 Å². The lowest BCUT2D eigenvalue weighted by atomic mass is 10.1. The highest BCUT2D eigenvalue weighted by Crippen LogP contribution is 2.39. The van der Waals surface area contributed by atoms with Crippen molar-refractivity contribution in [2.24, 2.45) is 5.92 Å². The highest BCUT2D eigenvalue weighted by Gasteiger charge is 2.25. The highest BCUT2D eigenvalue weighted by atomic mass is 16.6. The number of ether oxygens (including phenoxy) is 1. The van der Waals surface area contributed by atoms with Crippen molar-refractivity contribution in [2.45, 2.75) is 92.1 Å². The minimum Gasteiger partial charge on any atom is -0.460 e. The second kappa shape index (κ2) is 12.6. The average Bonchev–Trinajstić information content (AvgIpc) is 3.23. The largest absolute Gasteiger partial charge is 0.460 e. The Labute approximate surface area is 198 Å². The molecule has 2 aromatic heterocycles. The Morgan fingerprint density at radius 3 is 2.45 bits per heavy atom. The third kappa shape index (κ3) is 9.80. The number of aromatic amines is 1. The molecule has 2 aromatic rings. The molecule has 2 N–H and O–H groups in total. The van der Waals surface area contributed by atoms with Crippen molar-refractivity contribution in [1.82, 2.24) is 20.2 Å². The molecular formula is C25H42N6O2. The maximum Gasteiger partial charge on any atom is 0.306 e. The lowest BCUT2D eigenvalue weighted by Gasteiger charge is -2.19. The molecular weight excluding hydrogens is 416 g/mol. The summed E-state index contributed by atoms with van der Waals surface area (Å²) in [5.74, 6) is 3.40. The third-order valence-corrected chi connectivity index (χ3v) is 4.90. The summed E-state index contributed by atoms with van der Waals surface area (Å²) in [4.78, 5) is 22.2. The van der Waals surface area contributed by atoms with Gasteiger partial charge in [-0.1, -0.05) is 27.7 Å². The van der Waals surface area contributed by atoms with Crippen LogP contribution in [0.1, 0.15) is 92.2 Å². The predicted molar refractivity (Wildman–Crippen MR) is 134 cm³/mol. The molecule has 0 amide bonds. The first kappa shape index (κ1) is 26.6. The Kier molecular flexibility index (Phi) is 10.1. The second-order valence-electron chi connectivity index (χ2n) is 9.73. The summed E-state index contributed by atoms with van der Waals surface area (Å²) in [6.07, 6.45) is 7.31. The van der Waals surface area contributed by atoms with E-state index in [-0.39, 0.29) is 11.6 Å². The van der Waals surface area contributed by atoms with Gasteiger partial charge in [-0.15, -0.1) is 0 Å². The smallest absolute Gasteiger partial charge is 0.306 e. The topological polar surface area (TPSA) is 96.0 Å². The molecule has 8 nitrogen and oxygen atoms in total. The molecule has 1 saturated carbocycles. The van der Waals surface area contributed by atoms with Crippen LogP contribution in [0.2, 0.25) is 0 Å². The zero-order chi connectivity index (χ0) is 24.4. The first-order chi connectivity index (χ1) is 15.7. The lowest BCUT2D eigenvalue weighted by molar-refractivity contribution is -0.155.